The lowest BCUT2D eigenvalue weighted by Crippen LogP contribution is -2.37. The maximum absolute atomic E-state index is 11.6. The van der Waals surface area contributed by atoms with Gasteiger partial charge in [0.05, 0.1) is 0 Å². The zero-order chi connectivity index (χ0) is 16.8. The number of nitrogens with one attached hydrogen (secondary N) is 1. The van der Waals surface area contributed by atoms with Crippen molar-refractivity contribution < 1.29 is 9.59 Å². The average Bonchev–Trinajstić information content (AvgIpc) is 2.58. The van der Waals surface area contributed by atoms with Gasteiger partial charge in [-0.25, -0.2) is 9.97 Å². The van der Waals surface area contributed by atoms with Crippen LogP contribution < -0.4 is 5.32 Å². The third-order valence-corrected chi connectivity index (χ3v) is 4.16. The molecular weight excluding hydrogens is 292 g/mol. The molecule has 0 aliphatic carbocycles. The van der Waals surface area contributed by atoms with Gasteiger partial charge < -0.3 is 10.2 Å². The summed E-state index contributed by atoms with van der Waals surface area (Å²) in [6.07, 6.45) is 4.12. The molecule has 1 saturated heterocycles. The van der Waals surface area contributed by atoms with Crippen LogP contribution in [0, 0.1) is 6.92 Å². The first-order chi connectivity index (χ1) is 11.0. The van der Waals surface area contributed by atoms with Crippen molar-refractivity contribution in [2.75, 3.05) is 20.1 Å². The molecule has 2 amide bonds. The zero-order valence-corrected chi connectivity index (χ0v) is 13.8. The summed E-state index contributed by atoms with van der Waals surface area (Å²) in [5.74, 6) is 1.10. The van der Waals surface area contributed by atoms with Gasteiger partial charge >= 0.3 is 0 Å². The molecule has 6 nitrogen and oxygen atoms in total. The number of piperidine rings is 1. The second-order valence-electron chi connectivity index (χ2n) is 5.84. The molecular formula is C17H24N4O2. The molecule has 0 radical (unpaired) electrons. The molecule has 1 fully saturated rings. The second-order valence-corrected chi connectivity index (χ2v) is 5.84. The van der Waals surface area contributed by atoms with Crippen molar-refractivity contribution in [3.8, 4) is 0 Å². The summed E-state index contributed by atoms with van der Waals surface area (Å²) in [5.41, 5.74) is 1.83. The molecule has 6 heteroatoms. The number of rotatable bonds is 5. The molecule has 0 atom stereocenters. The van der Waals surface area contributed by atoms with E-state index in [2.05, 4.69) is 21.9 Å². The van der Waals surface area contributed by atoms with Crippen LogP contribution in [0.2, 0.25) is 0 Å². The fraction of sp³-hybridized carbons (Fsp3) is 0.529. The predicted molar refractivity (Wildman–Crippen MR) is 87.9 cm³/mol. The first-order valence-electron chi connectivity index (χ1n) is 8.00. The van der Waals surface area contributed by atoms with Crippen LogP contribution in [0.4, 0.5) is 0 Å². The lowest BCUT2D eigenvalue weighted by atomic mass is 9.95. The van der Waals surface area contributed by atoms with Gasteiger partial charge in [0.15, 0.2) is 0 Å². The molecule has 1 aliphatic heterocycles. The summed E-state index contributed by atoms with van der Waals surface area (Å²) < 4.78 is 0. The number of likely N-dealkylation sites (tertiary alicyclic amines) is 1. The number of hydrogen-bond acceptors (Lipinski definition) is 4. The lowest BCUT2D eigenvalue weighted by Gasteiger charge is -2.30. The van der Waals surface area contributed by atoms with Gasteiger partial charge in [0.1, 0.15) is 5.82 Å². The number of hydrogen-bond donors (Lipinski definition) is 1. The average molecular weight is 316 g/mol. The molecule has 1 aromatic rings. The summed E-state index contributed by atoms with van der Waals surface area (Å²) >= 11 is 0. The molecule has 1 N–H and O–H groups in total. The van der Waals surface area contributed by atoms with Crippen LogP contribution in [0.25, 0.3) is 0 Å². The molecule has 0 bridgehead atoms. The number of aromatic nitrogens is 2. The molecule has 0 unspecified atom stereocenters. The summed E-state index contributed by atoms with van der Waals surface area (Å²) in [4.78, 5) is 34.0. The Labute approximate surface area is 137 Å². The number of amides is 2. The fourth-order valence-electron chi connectivity index (χ4n) is 2.82. The number of aryl methyl sites for hydroxylation is 2. The topological polar surface area (TPSA) is 75.2 Å². The van der Waals surface area contributed by atoms with E-state index in [-0.39, 0.29) is 17.7 Å². The van der Waals surface area contributed by atoms with Crippen LogP contribution in [-0.4, -0.2) is 46.8 Å². The third kappa shape index (κ3) is 4.61. The van der Waals surface area contributed by atoms with Crippen molar-refractivity contribution in [2.45, 2.75) is 38.5 Å². The van der Waals surface area contributed by atoms with Gasteiger partial charge in [-0.1, -0.05) is 6.58 Å². The van der Waals surface area contributed by atoms with Gasteiger partial charge in [0, 0.05) is 43.9 Å². The van der Waals surface area contributed by atoms with E-state index in [0.29, 0.717) is 25.9 Å². The van der Waals surface area contributed by atoms with Crippen molar-refractivity contribution in [2.24, 2.45) is 0 Å². The van der Waals surface area contributed by atoms with Crippen LogP contribution in [0.15, 0.2) is 18.7 Å². The first kappa shape index (κ1) is 17.1. The van der Waals surface area contributed by atoms with Gasteiger partial charge in [-0.05, 0) is 38.3 Å². The van der Waals surface area contributed by atoms with Gasteiger partial charge in [0.2, 0.25) is 11.8 Å². The highest BCUT2D eigenvalue weighted by Crippen LogP contribution is 2.26. The summed E-state index contributed by atoms with van der Waals surface area (Å²) in [7, 11) is 1.64. The Balaban J connectivity index is 2.03. The lowest BCUT2D eigenvalue weighted by molar-refractivity contribution is -0.127. The first-order valence-corrected chi connectivity index (χ1v) is 8.00. The van der Waals surface area contributed by atoms with E-state index in [1.165, 1.54) is 6.08 Å². The molecule has 2 rings (SSSR count). The van der Waals surface area contributed by atoms with E-state index in [0.717, 1.165) is 30.1 Å². The molecule has 23 heavy (non-hydrogen) atoms. The highest BCUT2D eigenvalue weighted by Gasteiger charge is 2.24. The number of nitrogens with zero attached hydrogens (tertiary/aromatic N) is 3. The maximum atomic E-state index is 11.6. The second kappa shape index (κ2) is 7.85. The van der Waals surface area contributed by atoms with E-state index in [4.69, 9.17) is 0 Å². The van der Waals surface area contributed by atoms with Crippen molar-refractivity contribution >= 4 is 11.8 Å². The van der Waals surface area contributed by atoms with Gasteiger partial charge in [0.25, 0.3) is 0 Å². The fourth-order valence-corrected chi connectivity index (χ4v) is 2.82. The van der Waals surface area contributed by atoms with E-state index < -0.39 is 0 Å². The van der Waals surface area contributed by atoms with Crippen LogP contribution in [-0.2, 0) is 16.0 Å². The Morgan fingerprint density at radius 2 is 2.09 bits per heavy atom. The molecule has 0 aromatic carbocycles. The van der Waals surface area contributed by atoms with Crippen LogP contribution >= 0.6 is 0 Å². The molecule has 0 spiro atoms. The van der Waals surface area contributed by atoms with Crippen LogP contribution in [0.3, 0.4) is 0 Å². The maximum Gasteiger partial charge on any atom is 0.245 e. The number of carbonyl (C=O) groups excluding carboxylic acids is 2. The largest absolute Gasteiger partial charge is 0.359 e. The number of carbonyl (C=O) groups is 2. The molecule has 2 heterocycles. The van der Waals surface area contributed by atoms with Crippen LogP contribution in [0.1, 0.15) is 42.4 Å². The minimum absolute atomic E-state index is 0.0130. The summed E-state index contributed by atoms with van der Waals surface area (Å²) in [6, 6.07) is 1.93. The zero-order valence-electron chi connectivity index (χ0n) is 13.8. The molecule has 1 aliphatic rings. The normalized spacial score (nSPS) is 15.3. The summed E-state index contributed by atoms with van der Waals surface area (Å²) in [5, 5.41) is 2.62. The Bertz CT molecular complexity index is 592. The van der Waals surface area contributed by atoms with Crippen molar-refractivity contribution in [3.63, 3.8) is 0 Å². The third-order valence-electron chi connectivity index (χ3n) is 4.16. The van der Waals surface area contributed by atoms with Gasteiger partial charge in [-0.3, -0.25) is 9.59 Å². The van der Waals surface area contributed by atoms with Gasteiger partial charge in [-0.15, -0.1) is 0 Å². The van der Waals surface area contributed by atoms with Gasteiger partial charge in [-0.2, -0.15) is 0 Å². The van der Waals surface area contributed by atoms with E-state index in [9.17, 15) is 9.59 Å². The predicted octanol–water partition coefficient (Wildman–Crippen LogP) is 1.36. The minimum Gasteiger partial charge on any atom is -0.359 e. The Kier molecular flexibility index (Phi) is 5.84. The Hall–Kier alpha value is -2.24. The minimum atomic E-state index is -0.0140. The Morgan fingerprint density at radius 3 is 2.70 bits per heavy atom. The standard InChI is InChI=1S/C17H24N4O2/c1-4-16(23)21-9-7-13(8-10-21)17-19-12(2)11-14(20-17)5-6-15(22)18-3/h4,11,13H,1,5-10H2,2-3H3,(H,18,22). The molecule has 1 aromatic heterocycles. The smallest absolute Gasteiger partial charge is 0.245 e. The van der Waals surface area contributed by atoms with Crippen molar-refractivity contribution in [1.82, 2.24) is 20.2 Å². The molecule has 0 saturated carbocycles. The van der Waals surface area contributed by atoms with Crippen molar-refractivity contribution in [3.05, 3.63) is 35.9 Å². The SMILES string of the molecule is C=CC(=O)N1CCC(c2nc(C)cc(CCC(=O)NC)n2)CC1. The van der Waals surface area contributed by atoms with Crippen molar-refractivity contribution in [1.29, 1.82) is 0 Å². The summed E-state index contributed by atoms with van der Waals surface area (Å²) in [6.45, 7) is 6.90. The Morgan fingerprint density at radius 1 is 1.39 bits per heavy atom. The monoisotopic (exact) mass is 316 g/mol. The van der Waals surface area contributed by atoms with E-state index in [1.807, 2.05) is 17.9 Å². The quantitative estimate of drug-likeness (QED) is 0.832. The highest BCUT2D eigenvalue weighted by atomic mass is 16.2. The molecule has 124 valence electrons. The van der Waals surface area contributed by atoms with E-state index in [1.54, 1.807) is 7.05 Å². The van der Waals surface area contributed by atoms with Crippen LogP contribution in [0.5, 0.6) is 0 Å². The van der Waals surface area contributed by atoms with E-state index >= 15 is 0 Å². The highest BCUT2D eigenvalue weighted by molar-refractivity contribution is 5.87.